The Morgan fingerprint density at radius 3 is 2.12 bits per heavy atom. The van der Waals surface area contributed by atoms with Gasteiger partial charge in [-0.2, -0.15) is 0 Å². The molecular formula is C11H17NO5. The fourth-order valence-corrected chi connectivity index (χ4v) is 1.37. The summed E-state index contributed by atoms with van der Waals surface area (Å²) in [6.07, 6.45) is -1.05. The monoisotopic (exact) mass is 243 g/mol. The highest BCUT2D eigenvalue weighted by Crippen LogP contribution is 2.26. The molecule has 0 fully saturated rings. The molecule has 0 aromatic heterocycles. The van der Waals surface area contributed by atoms with Crippen LogP contribution in [0.1, 0.15) is 20.8 Å². The molecular weight excluding hydrogens is 226 g/mol. The number of nitrogens with zero attached hydrogens (tertiary/aromatic N) is 1. The van der Waals surface area contributed by atoms with Crippen LogP contribution in [0.5, 0.6) is 0 Å². The van der Waals surface area contributed by atoms with Crippen LogP contribution in [-0.2, 0) is 23.8 Å². The first-order chi connectivity index (χ1) is 7.81. The highest BCUT2D eigenvalue weighted by atomic mass is 16.6. The lowest BCUT2D eigenvalue weighted by Gasteiger charge is -2.19. The minimum Gasteiger partial charge on any atom is -0.467 e. The zero-order valence-electron chi connectivity index (χ0n) is 10.6. The zero-order valence-corrected chi connectivity index (χ0v) is 10.6. The molecule has 0 spiro atoms. The molecule has 0 unspecified atom stereocenters. The number of aliphatic imine (C=N–C) groups is 1. The first-order valence-electron chi connectivity index (χ1n) is 5.22. The molecule has 0 radical (unpaired) electrons. The van der Waals surface area contributed by atoms with Gasteiger partial charge >= 0.3 is 11.9 Å². The molecule has 0 aromatic carbocycles. The summed E-state index contributed by atoms with van der Waals surface area (Å²) < 4.78 is 14.5. The Balaban J connectivity index is 2.98. The highest BCUT2D eigenvalue weighted by Gasteiger charge is 2.45. The Morgan fingerprint density at radius 1 is 1.18 bits per heavy atom. The minimum absolute atomic E-state index is 0.350. The van der Waals surface area contributed by atoms with Gasteiger partial charge in [0.15, 0.2) is 11.9 Å². The lowest BCUT2D eigenvalue weighted by molar-refractivity contribution is -0.156. The van der Waals surface area contributed by atoms with E-state index in [1.54, 1.807) is 0 Å². The molecule has 1 aliphatic rings. The van der Waals surface area contributed by atoms with Crippen molar-refractivity contribution in [2.24, 2.45) is 10.4 Å². The summed E-state index contributed by atoms with van der Waals surface area (Å²) in [5.41, 5.74) is -0.380. The fraction of sp³-hybridized carbons (Fsp3) is 0.727. The number of hydrogen-bond donors (Lipinski definition) is 0. The molecule has 0 saturated heterocycles. The quantitative estimate of drug-likeness (QED) is 0.662. The molecule has 6 heteroatoms. The van der Waals surface area contributed by atoms with Gasteiger partial charge in [0.25, 0.3) is 0 Å². The van der Waals surface area contributed by atoms with Crippen LogP contribution in [0.4, 0.5) is 0 Å². The number of carbonyl (C=O) groups is 2. The second kappa shape index (κ2) is 4.73. The molecule has 0 amide bonds. The van der Waals surface area contributed by atoms with Gasteiger partial charge in [-0.05, 0) is 0 Å². The first kappa shape index (κ1) is 13.5. The van der Waals surface area contributed by atoms with Gasteiger partial charge in [0, 0.05) is 5.41 Å². The maximum absolute atomic E-state index is 11.5. The molecule has 1 aliphatic heterocycles. The topological polar surface area (TPSA) is 74.2 Å². The zero-order chi connectivity index (χ0) is 13.2. The normalized spacial score (nSPS) is 23.7. The molecule has 2 atom stereocenters. The van der Waals surface area contributed by atoms with Crippen LogP contribution in [0.2, 0.25) is 0 Å². The van der Waals surface area contributed by atoms with Crippen LogP contribution in [-0.4, -0.2) is 44.2 Å². The van der Waals surface area contributed by atoms with Gasteiger partial charge in [-0.1, -0.05) is 20.8 Å². The molecule has 0 aromatic rings. The standard InChI is InChI=1S/C11H17NO5/c1-11(2,3)10-12-6(8(13)15-4)7(17-10)9(14)16-5/h6-7H,1-5H3/t6-,7-/m0/s1. The van der Waals surface area contributed by atoms with E-state index in [0.29, 0.717) is 5.90 Å². The van der Waals surface area contributed by atoms with Gasteiger partial charge in [-0.25, -0.2) is 14.6 Å². The number of esters is 2. The number of methoxy groups -OCH3 is 2. The van der Waals surface area contributed by atoms with Crippen LogP contribution < -0.4 is 0 Å². The average Bonchev–Trinajstić information content (AvgIpc) is 2.71. The third-order valence-corrected chi connectivity index (χ3v) is 2.30. The first-order valence-corrected chi connectivity index (χ1v) is 5.22. The Labute approximate surface area is 99.9 Å². The van der Waals surface area contributed by atoms with Crippen molar-refractivity contribution in [2.45, 2.75) is 32.9 Å². The second-order valence-corrected chi connectivity index (χ2v) is 4.71. The smallest absolute Gasteiger partial charge is 0.350 e. The Bertz CT molecular complexity index is 355. The molecule has 0 N–H and O–H groups in total. The third kappa shape index (κ3) is 2.75. The van der Waals surface area contributed by atoms with E-state index in [2.05, 4.69) is 14.5 Å². The van der Waals surface area contributed by atoms with Gasteiger partial charge in [-0.15, -0.1) is 0 Å². The van der Waals surface area contributed by atoms with Crippen LogP contribution in [0, 0.1) is 5.41 Å². The van der Waals surface area contributed by atoms with Crippen molar-refractivity contribution in [3.63, 3.8) is 0 Å². The van der Waals surface area contributed by atoms with E-state index >= 15 is 0 Å². The van der Waals surface area contributed by atoms with Crippen molar-refractivity contribution in [2.75, 3.05) is 14.2 Å². The van der Waals surface area contributed by atoms with Crippen LogP contribution in [0.3, 0.4) is 0 Å². The maximum Gasteiger partial charge on any atom is 0.350 e. The average molecular weight is 243 g/mol. The van der Waals surface area contributed by atoms with Crippen molar-refractivity contribution in [1.29, 1.82) is 0 Å². The molecule has 6 nitrogen and oxygen atoms in total. The van der Waals surface area contributed by atoms with Gasteiger partial charge in [0.1, 0.15) is 0 Å². The van der Waals surface area contributed by atoms with Crippen LogP contribution in [0.15, 0.2) is 4.99 Å². The van der Waals surface area contributed by atoms with E-state index in [0.717, 1.165) is 0 Å². The maximum atomic E-state index is 11.5. The summed E-state index contributed by atoms with van der Waals surface area (Å²) in [6.45, 7) is 5.62. The number of ether oxygens (including phenoxy) is 3. The van der Waals surface area contributed by atoms with Gasteiger partial charge < -0.3 is 14.2 Å². The van der Waals surface area contributed by atoms with Crippen molar-refractivity contribution in [3.8, 4) is 0 Å². The number of hydrogen-bond acceptors (Lipinski definition) is 6. The van der Waals surface area contributed by atoms with E-state index in [-0.39, 0.29) is 5.41 Å². The molecule has 0 aliphatic carbocycles. The fourth-order valence-electron chi connectivity index (χ4n) is 1.37. The SMILES string of the molecule is COC(=O)[C@H]1N=C(C(C)(C)C)O[C@@H]1C(=O)OC. The molecule has 1 rings (SSSR count). The van der Waals surface area contributed by atoms with E-state index in [1.807, 2.05) is 20.8 Å². The van der Waals surface area contributed by atoms with Crippen molar-refractivity contribution in [1.82, 2.24) is 0 Å². The summed E-state index contributed by atoms with van der Waals surface area (Å²) >= 11 is 0. The third-order valence-electron chi connectivity index (χ3n) is 2.30. The van der Waals surface area contributed by atoms with Gasteiger partial charge in [0.05, 0.1) is 14.2 Å². The van der Waals surface area contributed by atoms with Crippen LogP contribution in [0.25, 0.3) is 0 Å². The van der Waals surface area contributed by atoms with Crippen LogP contribution >= 0.6 is 0 Å². The molecule has 1 heterocycles. The predicted octanol–water partition coefficient (Wildman–Crippen LogP) is 0.544. The molecule has 0 saturated carbocycles. The van der Waals surface area contributed by atoms with Gasteiger partial charge in [-0.3, -0.25) is 0 Å². The van der Waals surface area contributed by atoms with E-state index in [9.17, 15) is 9.59 Å². The van der Waals surface area contributed by atoms with Crippen molar-refractivity contribution < 1.29 is 23.8 Å². The minimum atomic E-state index is -1.05. The summed E-state index contributed by atoms with van der Waals surface area (Å²) in [7, 11) is 2.47. The number of carbonyl (C=O) groups excluding carboxylic acids is 2. The number of rotatable bonds is 2. The largest absolute Gasteiger partial charge is 0.467 e. The summed E-state index contributed by atoms with van der Waals surface area (Å²) in [5.74, 6) is -0.897. The van der Waals surface area contributed by atoms with E-state index in [1.165, 1.54) is 14.2 Å². The Kier molecular flexibility index (Phi) is 3.75. The Hall–Kier alpha value is -1.59. The predicted molar refractivity (Wildman–Crippen MR) is 59.6 cm³/mol. The molecule has 0 bridgehead atoms. The Morgan fingerprint density at radius 2 is 1.71 bits per heavy atom. The summed E-state index contributed by atoms with van der Waals surface area (Å²) in [6, 6.07) is -0.985. The van der Waals surface area contributed by atoms with E-state index in [4.69, 9.17) is 4.74 Å². The lowest BCUT2D eigenvalue weighted by Crippen LogP contribution is -2.38. The summed E-state index contributed by atoms with van der Waals surface area (Å²) in [4.78, 5) is 27.1. The lowest BCUT2D eigenvalue weighted by atomic mass is 9.97. The highest BCUT2D eigenvalue weighted by molar-refractivity contribution is 5.95. The van der Waals surface area contributed by atoms with Crippen molar-refractivity contribution in [3.05, 3.63) is 0 Å². The second-order valence-electron chi connectivity index (χ2n) is 4.71. The summed E-state index contributed by atoms with van der Waals surface area (Å²) in [5, 5.41) is 0. The molecule has 17 heavy (non-hydrogen) atoms. The van der Waals surface area contributed by atoms with Crippen molar-refractivity contribution >= 4 is 17.8 Å². The van der Waals surface area contributed by atoms with E-state index < -0.39 is 24.1 Å². The van der Waals surface area contributed by atoms with Gasteiger partial charge in [0.2, 0.25) is 6.10 Å². The molecule has 96 valence electrons.